The van der Waals surface area contributed by atoms with E-state index in [2.05, 4.69) is 5.32 Å². The molecule has 80 heavy (non-hydrogen) atoms. The van der Waals surface area contributed by atoms with Crippen molar-refractivity contribution in [2.75, 3.05) is 13.2 Å². The summed E-state index contributed by atoms with van der Waals surface area (Å²) in [6.45, 7) is 28.3. The number of carbonyl (C=O) groups is 2. The quantitative estimate of drug-likeness (QED) is 0.131. The highest BCUT2D eigenvalue weighted by Crippen LogP contribution is 2.29. The molecule has 26 heteroatoms. The van der Waals surface area contributed by atoms with E-state index in [9.17, 15) is 55.5 Å². The summed E-state index contributed by atoms with van der Waals surface area (Å²) in [5.41, 5.74) is 27.1. The molecule has 0 saturated carbocycles. The van der Waals surface area contributed by atoms with Gasteiger partial charge in [0.25, 0.3) is 0 Å². The number of nitrogens with two attached hydrogens (primary N) is 5. The molecule has 22 N–H and O–H groups in total. The first kappa shape index (κ1) is 76.2. The van der Waals surface area contributed by atoms with Gasteiger partial charge in [-0.2, -0.15) is 0 Å². The van der Waals surface area contributed by atoms with Crippen LogP contribution in [0.4, 0.5) is 0 Å². The van der Waals surface area contributed by atoms with Crippen molar-refractivity contribution in [2.24, 2.45) is 28.7 Å². The van der Waals surface area contributed by atoms with Crippen LogP contribution in [-0.4, -0.2) is 256 Å². The van der Waals surface area contributed by atoms with E-state index in [1.165, 1.54) is 6.92 Å². The van der Waals surface area contributed by atoms with Crippen LogP contribution >= 0.6 is 0 Å². The Morgan fingerprint density at radius 1 is 0.475 bits per heavy atom. The van der Waals surface area contributed by atoms with Gasteiger partial charge in [0.05, 0.1) is 116 Å². The van der Waals surface area contributed by atoms with Gasteiger partial charge in [-0.3, -0.25) is 9.59 Å². The second-order valence-electron chi connectivity index (χ2n) is 24.1. The van der Waals surface area contributed by atoms with E-state index in [0.717, 1.165) is 25.7 Å². The molecule has 7 fully saturated rings. The number of ether oxygens (including phenoxy) is 7. The van der Waals surface area contributed by atoms with Gasteiger partial charge in [0.2, 0.25) is 5.91 Å². The van der Waals surface area contributed by atoms with Gasteiger partial charge in [0.1, 0.15) is 48.8 Å². The van der Waals surface area contributed by atoms with Crippen LogP contribution in [0.25, 0.3) is 0 Å². The van der Waals surface area contributed by atoms with Crippen LogP contribution in [0.1, 0.15) is 143 Å². The predicted molar refractivity (Wildman–Crippen MR) is 296 cm³/mol. The molecule has 7 heterocycles. The summed E-state index contributed by atoms with van der Waals surface area (Å²) in [5.74, 6) is -0.292. The van der Waals surface area contributed by atoms with Crippen molar-refractivity contribution in [1.29, 1.82) is 0 Å². The first-order valence-corrected chi connectivity index (χ1v) is 28.2. The minimum atomic E-state index is -1.24. The highest BCUT2D eigenvalue weighted by Gasteiger charge is 2.45. The van der Waals surface area contributed by atoms with Crippen molar-refractivity contribution in [3.63, 3.8) is 0 Å². The number of carbonyl (C=O) groups excluding carboxylic acids is 2. The van der Waals surface area contributed by atoms with Crippen LogP contribution < -0.4 is 34.0 Å². The molecule has 7 aliphatic rings. The monoisotopic (exact) mass is 1160 g/mol. The summed E-state index contributed by atoms with van der Waals surface area (Å²) in [6.07, 6.45) is -7.08. The average Bonchev–Trinajstić information content (AvgIpc) is 3.33. The third-order valence-corrected chi connectivity index (χ3v) is 15.3. The lowest BCUT2D eigenvalue weighted by Crippen LogP contribution is -2.63. The smallest absolute Gasteiger partial charge is 0.217 e. The van der Waals surface area contributed by atoms with Gasteiger partial charge < -0.3 is 123 Å². The normalized spacial score (nSPS) is 48.2. The Morgan fingerprint density at radius 2 is 0.812 bits per heavy atom. The maximum Gasteiger partial charge on any atom is 0.217 e. The predicted octanol–water partition coefficient (Wildman–Crippen LogP) is -3.42. The second kappa shape index (κ2) is 33.8. The number of amides is 1. The molecular weight excluding hydrogens is 1050 g/mol. The first-order valence-electron chi connectivity index (χ1n) is 28.2. The highest BCUT2D eigenvalue weighted by atomic mass is 16.6. The molecule has 0 spiro atoms. The van der Waals surface area contributed by atoms with Crippen molar-refractivity contribution in [2.45, 2.75) is 318 Å². The maximum atomic E-state index is 11.3. The SMILES string of the molecule is CC(=O)NC1[C@H](C)OC(CO)[C@@H](O)[C@@H]1O.C[C@@H]1O[C@@H](C)CC(C)(N)C1=O.C[C@@H]1O[C@@H](C)CC(C)(N)[C@@H]1O.C[C@@H]1O[C@@H](C)CC(C)(N)[C@H]1O.C[C@@H]1O[C@@H](C)CC(N)[C@H]1O.C[C@@H]1O[C@@H](C)CC(N)[C@H]1O.C[C@@H]1O[C@@H](CO)[C@H](O)C(O)C1O. The maximum absolute atomic E-state index is 11.3. The third-order valence-electron chi connectivity index (χ3n) is 15.3. The van der Waals surface area contributed by atoms with E-state index in [0.29, 0.717) is 6.42 Å². The van der Waals surface area contributed by atoms with Gasteiger partial charge in [0.15, 0.2) is 5.78 Å². The molecular formula is C54H110N6O20. The fourth-order valence-corrected chi connectivity index (χ4v) is 10.9. The fraction of sp³-hybridized carbons (Fsp3) is 0.963. The lowest BCUT2D eigenvalue weighted by Gasteiger charge is -2.42. The summed E-state index contributed by atoms with van der Waals surface area (Å²) in [4.78, 5) is 22.2. The van der Waals surface area contributed by atoms with E-state index in [-0.39, 0.29) is 98.0 Å². The molecule has 7 aliphatic heterocycles. The molecule has 0 aromatic carbocycles. The van der Waals surface area contributed by atoms with E-state index >= 15 is 0 Å². The molecule has 0 aromatic rings. The standard InChI is InChI=1S/C9H17NO5.2C8H17NO2.C8H15NO2.2C7H15NO2.C7H14O5/c1-4-7(10-5(2)12)9(14)8(13)6(3-11)15-4;3*1-5-4-8(3,9)7(10)6(2)11-5;2*1-4-3-6(8)7(9)5(2)10-4;1-3-5(9)7(11)6(10)4(2-8)12-3/h4,6-9,11,13-14H,3H2,1-2H3,(H,10,12);2*5-7,10H,4,9H2,1-3H3;5-6H,4,9H2,1-3H3;2*4-7,9H,3,8H2,1-2H3;3-11H,2H2,1H3/t4-,6?,7?,8+,9+;5-,6-,7+,8?;5-,6-,7-,8?;5-,6-,8?;2*4-,5-,6?,7-;3-,4-,5?,6-,7?/m0000000/s1. The van der Waals surface area contributed by atoms with E-state index < -0.39 is 102 Å². The number of aliphatic hydroxyl groups is 11. The van der Waals surface area contributed by atoms with Crippen LogP contribution in [0.3, 0.4) is 0 Å². The molecule has 476 valence electrons. The van der Waals surface area contributed by atoms with E-state index in [4.69, 9.17) is 72.0 Å². The number of hydrogen-bond acceptors (Lipinski definition) is 25. The molecule has 0 aliphatic carbocycles. The van der Waals surface area contributed by atoms with Crippen LogP contribution in [0.15, 0.2) is 0 Å². The topological polar surface area (TPSA) is 463 Å². The Bertz CT molecular complexity index is 1690. The number of hydrogen-bond donors (Lipinski definition) is 17. The van der Waals surface area contributed by atoms with Crippen molar-refractivity contribution < 1.29 is 98.9 Å². The summed E-state index contributed by atoms with van der Waals surface area (Å²) in [7, 11) is 0. The molecule has 26 nitrogen and oxygen atoms in total. The number of Topliss-reactive ketones (excluding diaryl/α,β-unsaturated/α-hetero) is 1. The molecule has 0 aromatic heterocycles. The van der Waals surface area contributed by atoms with Gasteiger partial charge in [-0.15, -0.1) is 0 Å². The molecule has 1 amide bonds. The minimum absolute atomic E-state index is 0.00981. The summed E-state index contributed by atoms with van der Waals surface area (Å²) >= 11 is 0. The van der Waals surface area contributed by atoms with Crippen LogP contribution in [0.5, 0.6) is 0 Å². The molecule has 9 unspecified atom stereocenters. The molecule has 0 radical (unpaired) electrons. The average molecular weight is 1160 g/mol. The summed E-state index contributed by atoms with van der Waals surface area (Å²) in [6, 6.07) is -0.877. The van der Waals surface area contributed by atoms with Gasteiger partial charge in [0, 0.05) is 30.1 Å². The lowest BCUT2D eigenvalue weighted by atomic mass is 9.84. The number of nitrogens with one attached hydrogen (secondary N) is 1. The molecule has 29 atom stereocenters. The zero-order valence-corrected chi connectivity index (χ0v) is 50.4. The van der Waals surface area contributed by atoms with Gasteiger partial charge in [-0.05, 0) is 136 Å². The Hall–Kier alpha value is -1.78. The van der Waals surface area contributed by atoms with Crippen LogP contribution in [0, 0.1) is 0 Å². The Morgan fingerprint density at radius 3 is 1.15 bits per heavy atom. The lowest BCUT2D eigenvalue weighted by molar-refractivity contribution is -0.224. The van der Waals surface area contributed by atoms with Crippen molar-refractivity contribution in [3.05, 3.63) is 0 Å². The van der Waals surface area contributed by atoms with Crippen molar-refractivity contribution >= 4 is 11.7 Å². The Balaban J connectivity index is 0.000000468. The van der Waals surface area contributed by atoms with Crippen LogP contribution in [0.2, 0.25) is 0 Å². The molecule has 0 bridgehead atoms. The Labute approximate surface area is 474 Å². The summed E-state index contributed by atoms with van der Waals surface area (Å²) < 4.78 is 37.1. The number of aliphatic hydroxyl groups excluding tert-OH is 11. The number of ketones is 1. The minimum Gasteiger partial charge on any atom is -0.394 e. The van der Waals surface area contributed by atoms with Gasteiger partial charge in [-0.1, -0.05) is 0 Å². The molecule has 7 saturated heterocycles. The van der Waals surface area contributed by atoms with E-state index in [1.807, 2.05) is 76.2 Å². The zero-order chi connectivity index (χ0) is 62.3. The highest BCUT2D eigenvalue weighted by molar-refractivity contribution is 5.92. The molecule has 7 rings (SSSR count). The first-order chi connectivity index (χ1) is 36.6. The van der Waals surface area contributed by atoms with Gasteiger partial charge in [-0.25, -0.2) is 0 Å². The number of rotatable bonds is 3. The Kier molecular flexibility index (Phi) is 32.2. The fourth-order valence-electron chi connectivity index (χ4n) is 10.9. The second-order valence-corrected chi connectivity index (χ2v) is 24.1. The van der Waals surface area contributed by atoms with Crippen molar-refractivity contribution in [1.82, 2.24) is 5.32 Å². The van der Waals surface area contributed by atoms with Gasteiger partial charge >= 0.3 is 0 Å². The van der Waals surface area contributed by atoms with Crippen molar-refractivity contribution in [3.8, 4) is 0 Å². The largest absolute Gasteiger partial charge is 0.394 e. The van der Waals surface area contributed by atoms with Crippen LogP contribution in [-0.2, 0) is 42.7 Å². The summed E-state index contributed by atoms with van der Waals surface area (Å²) in [5, 5.41) is 105. The zero-order valence-electron chi connectivity index (χ0n) is 50.4. The third kappa shape index (κ3) is 23.6. The van der Waals surface area contributed by atoms with E-state index in [1.54, 1.807) is 27.7 Å².